The maximum absolute atomic E-state index is 14.2. The summed E-state index contributed by atoms with van der Waals surface area (Å²) in [6, 6.07) is 18.0. The first-order chi connectivity index (χ1) is 23.2. The van der Waals surface area contributed by atoms with Crippen LogP contribution in [0.2, 0.25) is 0 Å². The highest BCUT2D eigenvalue weighted by molar-refractivity contribution is 8.01. The number of benzene rings is 2. The number of hydrogen-bond donors (Lipinski definition) is 2. The standard InChI is InChI=1S/C34H39N5O7S3/c1-33(2,3)45-30(42)35-23-26(40)39-24(28(41)44-25(20-13-9-7-10-14-20)21-15-11-8-12-16-21)22(19-48-27(23)39)17-18-47-32-38-37-29(49-32)36-31(43)46-34(4,5)6/h7-16,23,25,27H,17-19H2,1-6H3,(H,35,42)(H,36,37,43)/t23-,27-/m1/s1. The summed E-state index contributed by atoms with van der Waals surface area (Å²) in [7, 11) is 0. The molecule has 49 heavy (non-hydrogen) atoms. The number of hydrogen-bond acceptors (Lipinski definition) is 12. The number of alkyl carbamates (subject to hydrolysis) is 1. The first-order valence-electron chi connectivity index (χ1n) is 15.6. The Hall–Kier alpha value is -4.08. The fraction of sp³-hybridized carbons (Fsp3) is 0.412. The van der Waals surface area contributed by atoms with Gasteiger partial charge in [0.2, 0.25) is 5.13 Å². The summed E-state index contributed by atoms with van der Waals surface area (Å²) in [4.78, 5) is 53.9. The molecular weight excluding hydrogens is 687 g/mol. The smallest absolute Gasteiger partial charge is 0.414 e. The largest absolute Gasteiger partial charge is 0.448 e. The molecule has 2 aliphatic rings. The zero-order chi connectivity index (χ0) is 35.3. The maximum Gasteiger partial charge on any atom is 0.414 e. The summed E-state index contributed by atoms with van der Waals surface area (Å²) in [5.74, 6) is -0.0969. The lowest BCUT2D eigenvalue weighted by atomic mass is 10.00. The number of aromatic nitrogens is 2. The zero-order valence-corrected chi connectivity index (χ0v) is 30.5. The highest BCUT2D eigenvalue weighted by Gasteiger charge is 2.55. The van der Waals surface area contributed by atoms with E-state index >= 15 is 0 Å². The molecule has 2 aromatic carbocycles. The lowest BCUT2D eigenvalue weighted by Crippen LogP contribution is -2.70. The van der Waals surface area contributed by atoms with Crippen molar-refractivity contribution in [2.75, 3.05) is 16.8 Å². The van der Waals surface area contributed by atoms with Crippen molar-refractivity contribution in [1.29, 1.82) is 0 Å². The number of nitrogens with one attached hydrogen (secondary N) is 2. The topological polar surface area (TPSA) is 149 Å². The van der Waals surface area contributed by atoms with E-state index in [0.29, 0.717) is 27.4 Å². The molecule has 0 saturated carbocycles. The van der Waals surface area contributed by atoms with Crippen molar-refractivity contribution in [1.82, 2.24) is 20.4 Å². The van der Waals surface area contributed by atoms with E-state index in [-0.39, 0.29) is 5.70 Å². The van der Waals surface area contributed by atoms with Gasteiger partial charge in [0.1, 0.15) is 28.3 Å². The molecule has 3 aromatic rings. The Morgan fingerprint density at radius 3 is 2.10 bits per heavy atom. The quantitative estimate of drug-likeness (QED) is 0.0751. The number of thioether (sulfide) groups is 2. The fourth-order valence-electron chi connectivity index (χ4n) is 5.02. The molecule has 3 amide bonds. The Morgan fingerprint density at radius 1 is 0.918 bits per heavy atom. The van der Waals surface area contributed by atoms with Crippen LogP contribution < -0.4 is 10.6 Å². The number of fused-ring (bicyclic) bond motifs is 1. The highest BCUT2D eigenvalue weighted by atomic mass is 32.2. The molecule has 0 radical (unpaired) electrons. The van der Waals surface area contributed by atoms with Gasteiger partial charge in [0.15, 0.2) is 10.4 Å². The second kappa shape index (κ2) is 15.2. The van der Waals surface area contributed by atoms with Crippen LogP contribution in [0.25, 0.3) is 0 Å². The van der Waals surface area contributed by atoms with E-state index in [1.54, 1.807) is 41.5 Å². The van der Waals surface area contributed by atoms with Gasteiger partial charge in [0.05, 0.1) is 0 Å². The Kier molecular flexibility index (Phi) is 11.2. The van der Waals surface area contributed by atoms with E-state index in [9.17, 15) is 19.2 Å². The Morgan fingerprint density at radius 2 is 1.51 bits per heavy atom. The number of carbonyl (C=O) groups is 4. The van der Waals surface area contributed by atoms with Crippen molar-refractivity contribution < 1.29 is 33.4 Å². The van der Waals surface area contributed by atoms with Gasteiger partial charge in [-0.2, -0.15) is 0 Å². The van der Waals surface area contributed by atoms with Crippen molar-refractivity contribution in [2.45, 2.75) is 81.0 Å². The lowest BCUT2D eigenvalue weighted by molar-refractivity contribution is -0.153. The van der Waals surface area contributed by atoms with Crippen LogP contribution in [-0.4, -0.2) is 73.3 Å². The molecular formula is C34H39N5O7S3. The van der Waals surface area contributed by atoms with E-state index in [1.807, 2.05) is 60.7 Å². The number of rotatable bonds is 10. The molecule has 0 unspecified atom stereocenters. The van der Waals surface area contributed by atoms with E-state index in [0.717, 1.165) is 16.7 Å². The zero-order valence-electron chi connectivity index (χ0n) is 28.1. The number of carbonyl (C=O) groups excluding carboxylic acids is 4. The molecule has 1 fully saturated rings. The van der Waals surface area contributed by atoms with Crippen LogP contribution in [0.15, 0.2) is 76.3 Å². The molecule has 1 aromatic heterocycles. The highest BCUT2D eigenvalue weighted by Crippen LogP contribution is 2.43. The predicted molar refractivity (Wildman–Crippen MR) is 189 cm³/mol. The fourth-order valence-corrected chi connectivity index (χ4v) is 8.21. The Labute approximate surface area is 297 Å². The van der Waals surface area contributed by atoms with E-state index < -0.39 is 52.8 Å². The SMILES string of the molecule is CC(C)(C)OC(=O)Nc1nnc(SCCC2=C(C(=O)OC(c3ccccc3)c3ccccc3)N3C(=O)[C@@H](NC(=O)OC(C)(C)C)[C@H]3SC2)s1. The molecule has 2 aliphatic heterocycles. The number of amides is 3. The molecule has 0 bridgehead atoms. The molecule has 0 aliphatic carbocycles. The van der Waals surface area contributed by atoms with Gasteiger partial charge in [-0.3, -0.25) is 15.0 Å². The number of β-lactam (4-membered cyclic amide) rings is 1. The predicted octanol–water partition coefficient (Wildman–Crippen LogP) is 6.76. The molecule has 1 saturated heterocycles. The average Bonchev–Trinajstić information content (AvgIpc) is 3.47. The van der Waals surface area contributed by atoms with Crippen molar-refractivity contribution in [3.63, 3.8) is 0 Å². The van der Waals surface area contributed by atoms with Gasteiger partial charge in [0, 0.05) is 11.5 Å². The van der Waals surface area contributed by atoms with E-state index in [1.165, 1.54) is 39.8 Å². The summed E-state index contributed by atoms with van der Waals surface area (Å²) < 4.78 is 17.5. The first-order valence-corrected chi connectivity index (χ1v) is 18.5. The van der Waals surface area contributed by atoms with E-state index in [2.05, 4.69) is 20.8 Å². The Balaban J connectivity index is 1.35. The second-order valence-corrected chi connectivity index (χ2v) is 16.6. The molecule has 3 heterocycles. The summed E-state index contributed by atoms with van der Waals surface area (Å²) in [5.41, 5.74) is 1.10. The number of nitrogens with zero attached hydrogens (tertiary/aromatic N) is 3. The van der Waals surface area contributed by atoms with Gasteiger partial charge >= 0.3 is 18.2 Å². The maximum atomic E-state index is 14.2. The van der Waals surface area contributed by atoms with Crippen LogP contribution in [0.1, 0.15) is 65.2 Å². The summed E-state index contributed by atoms with van der Waals surface area (Å²) in [5, 5.41) is 13.3. The minimum Gasteiger partial charge on any atom is -0.448 e. The van der Waals surface area contributed by atoms with Crippen LogP contribution in [0.4, 0.5) is 14.7 Å². The van der Waals surface area contributed by atoms with Gasteiger partial charge in [-0.1, -0.05) is 83.8 Å². The molecule has 0 spiro atoms. The third kappa shape index (κ3) is 9.55. The van der Waals surface area contributed by atoms with Crippen molar-refractivity contribution in [3.8, 4) is 0 Å². The number of ether oxygens (including phenoxy) is 3. The monoisotopic (exact) mass is 725 g/mol. The summed E-state index contributed by atoms with van der Waals surface area (Å²) in [6.07, 6.45) is -1.59. The minimum absolute atomic E-state index is 0.179. The second-order valence-electron chi connectivity index (χ2n) is 13.2. The molecule has 2 atom stereocenters. The van der Waals surface area contributed by atoms with Crippen LogP contribution in [0.5, 0.6) is 0 Å². The lowest BCUT2D eigenvalue weighted by Gasteiger charge is -2.49. The van der Waals surface area contributed by atoms with Crippen LogP contribution in [0, 0.1) is 0 Å². The van der Waals surface area contributed by atoms with Gasteiger partial charge in [-0.15, -0.1) is 22.0 Å². The summed E-state index contributed by atoms with van der Waals surface area (Å²) in [6.45, 7) is 10.5. The van der Waals surface area contributed by atoms with Crippen LogP contribution >= 0.6 is 34.9 Å². The summed E-state index contributed by atoms with van der Waals surface area (Å²) >= 11 is 4.08. The minimum atomic E-state index is -0.852. The molecule has 15 heteroatoms. The third-order valence-electron chi connectivity index (χ3n) is 6.99. The van der Waals surface area contributed by atoms with Gasteiger partial charge in [-0.25, -0.2) is 14.4 Å². The Bertz CT molecular complexity index is 1660. The molecule has 12 nitrogen and oxygen atoms in total. The van der Waals surface area contributed by atoms with Crippen molar-refractivity contribution in [2.24, 2.45) is 0 Å². The average molecular weight is 726 g/mol. The van der Waals surface area contributed by atoms with E-state index in [4.69, 9.17) is 14.2 Å². The molecule has 260 valence electrons. The van der Waals surface area contributed by atoms with Gasteiger partial charge in [-0.05, 0) is 64.7 Å². The van der Waals surface area contributed by atoms with Gasteiger partial charge < -0.3 is 19.5 Å². The van der Waals surface area contributed by atoms with Crippen LogP contribution in [-0.2, 0) is 23.8 Å². The van der Waals surface area contributed by atoms with Crippen molar-refractivity contribution >= 4 is 64.1 Å². The van der Waals surface area contributed by atoms with Crippen molar-refractivity contribution in [3.05, 3.63) is 83.1 Å². The number of esters is 1. The molecule has 2 N–H and O–H groups in total. The first kappa shape index (κ1) is 36.2. The van der Waals surface area contributed by atoms with Gasteiger partial charge in [0.25, 0.3) is 5.91 Å². The molecule has 5 rings (SSSR count). The third-order valence-corrected chi connectivity index (χ3v) is 10.3. The van der Waals surface area contributed by atoms with Crippen LogP contribution in [0.3, 0.4) is 0 Å². The normalized spacial score (nSPS) is 17.6. The number of anilines is 1.